The zero-order chi connectivity index (χ0) is 15.4. The van der Waals surface area contributed by atoms with Gasteiger partial charge in [-0.3, -0.25) is 0 Å². The number of carbonyl (C=O) groups is 1. The predicted octanol–water partition coefficient (Wildman–Crippen LogP) is 3.14. The van der Waals surface area contributed by atoms with Crippen molar-refractivity contribution in [1.82, 2.24) is 9.88 Å². The Morgan fingerprint density at radius 1 is 1.52 bits per heavy atom. The molecule has 2 aromatic rings. The van der Waals surface area contributed by atoms with E-state index in [1.54, 1.807) is 28.8 Å². The van der Waals surface area contributed by atoms with Crippen molar-refractivity contribution in [2.75, 3.05) is 12.4 Å². The van der Waals surface area contributed by atoms with Gasteiger partial charge in [0.05, 0.1) is 17.7 Å². The molecule has 6 heteroatoms. The van der Waals surface area contributed by atoms with Gasteiger partial charge in [0, 0.05) is 23.7 Å². The van der Waals surface area contributed by atoms with Crippen LogP contribution in [0.5, 0.6) is 0 Å². The lowest BCUT2D eigenvalue weighted by atomic mass is 10.1. The minimum Gasteiger partial charge on any atom is -0.324 e. The van der Waals surface area contributed by atoms with Gasteiger partial charge in [-0.25, -0.2) is 9.78 Å². The van der Waals surface area contributed by atoms with E-state index in [1.165, 1.54) is 0 Å². The predicted molar refractivity (Wildman–Crippen MR) is 86.4 cm³/mol. The number of carbonyl (C=O) groups excluding carboxylic acids is 1. The van der Waals surface area contributed by atoms with Crippen molar-refractivity contribution in [1.29, 1.82) is 0 Å². The van der Waals surface area contributed by atoms with Crippen molar-refractivity contribution in [2.45, 2.75) is 26.4 Å². The lowest BCUT2D eigenvalue weighted by molar-refractivity contribution is 0.221. The Morgan fingerprint density at radius 3 is 2.90 bits per heavy atom. The van der Waals surface area contributed by atoms with Gasteiger partial charge in [0.15, 0.2) is 0 Å². The van der Waals surface area contributed by atoms with E-state index in [0.29, 0.717) is 6.54 Å². The molecule has 2 amide bonds. The van der Waals surface area contributed by atoms with Gasteiger partial charge in [-0.2, -0.15) is 0 Å². The van der Waals surface area contributed by atoms with Crippen molar-refractivity contribution < 1.29 is 4.79 Å². The van der Waals surface area contributed by atoms with Gasteiger partial charge < -0.3 is 16.0 Å². The molecule has 1 atom stereocenters. The molecule has 1 unspecified atom stereocenters. The third kappa shape index (κ3) is 4.03. The van der Waals surface area contributed by atoms with Crippen LogP contribution >= 0.6 is 11.3 Å². The van der Waals surface area contributed by atoms with Crippen molar-refractivity contribution >= 4 is 23.1 Å². The number of anilines is 1. The topological polar surface area (TPSA) is 71.2 Å². The minimum absolute atomic E-state index is 0.0561. The normalized spacial score (nSPS) is 12.0. The molecule has 1 heterocycles. The van der Waals surface area contributed by atoms with E-state index in [-0.39, 0.29) is 12.1 Å². The molecule has 0 fully saturated rings. The maximum atomic E-state index is 12.2. The van der Waals surface area contributed by atoms with E-state index in [9.17, 15) is 4.79 Å². The van der Waals surface area contributed by atoms with Crippen LogP contribution in [0.2, 0.25) is 0 Å². The number of thiazole rings is 1. The number of nitrogens with two attached hydrogens (primary N) is 1. The molecule has 0 aliphatic carbocycles. The smallest absolute Gasteiger partial charge is 0.321 e. The first-order chi connectivity index (χ1) is 9.97. The Kier molecular flexibility index (Phi) is 4.93. The number of nitrogens with one attached hydrogen (secondary N) is 1. The van der Waals surface area contributed by atoms with E-state index in [2.05, 4.69) is 10.3 Å². The highest BCUT2D eigenvalue weighted by molar-refractivity contribution is 7.09. The van der Waals surface area contributed by atoms with Crippen LogP contribution in [0.3, 0.4) is 0 Å². The molecule has 0 saturated carbocycles. The Balaban J connectivity index is 2.00. The van der Waals surface area contributed by atoms with Gasteiger partial charge in [-0.15, -0.1) is 11.3 Å². The fourth-order valence-electron chi connectivity index (χ4n) is 1.88. The Morgan fingerprint density at radius 2 is 2.29 bits per heavy atom. The number of nitrogens with zero attached hydrogens (tertiary/aromatic N) is 2. The number of urea groups is 1. The maximum Gasteiger partial charge on any atom is 0.321 e. The molecule has 2 rings (SSSR count). The maximum absolute atomic E-state index is 12.2. The van der Waals surface area contributed by atoms with E-state index >= 15 is 0 Å². The van der Waals surface area contributed by atoms with Crippen LogP contribution < -0.4 is 11.1 Å². The molecule has 5 nitrogen and oxygen atoms in total. The highest BCUT2D eigenvalue weighted by Crippen LogP contribution is 2.17. The third-order valence-corrected chi connectivity index (χ3v) is 4.16. The molecule has 1 aromatic heterocycles. The Hall–Kier alpha value is -1.92. The van der Waals surface area contributed by atoms with Gasteiger partial charge in [-0.1, -0.05) is 12.1 Å². The Labute approximate surface area is 128 Å². The van der Waals surface area contributed by atoms with Crippen LogP contribution in [0.4, 0.5) is 10.5 Å². The fourth-order valence-corrected chi connectivity index (χ4v) is 2.71. The van der Waals surface area contributed by atoms with Crippen molar-refractivity contribution in [3.05, 3.63) is 45.9 Å². The summed E-state index contributed by atoms with van der Waals surface area (Å²) in [6.07, 6.45) is 0. The van der Waals surface area contributed by atoms with E-state index in [0.717, 1.165) is 21.8 Å². The molecule has 0 bridgehead atoms. The van der Waals surface area contributed by atoms with Gasteiger partial charge in [0.2, 0.25) is 0 Å². The standard InChI is InChI=1S/C15H20N4OS/c1-10(16)12-5-4-6-13(7-12)18-15(20)19(3)8-14-11(2)17-9-21-14/h4-7,9-10H,8,16H2,1-3H3,(H,18,20). The second kappa shape index (κ2) is 6.69. The summed E-state index contributed by atoms with van der Waals surface area (Å²) in [5.74, 6) is 0. The van der Waals surface area contributed by atoms with Gasteiger partial charge in [-0.05, 0) is 31.5 Å². The number of amides is 2. The summed E-state index contributed by atoms with van der Waals surface area (Å²) in [7, 11) is 1.77. The summed E-state index contributed by atoms with van der Waals surface area (Å²) in [6, 6.07) is 7.39. The molecule has 0 aliphatic rings. The van der Waals surface area contributed by atoms with Crippen molar-refractivity contribution in [3.8, 4) is 0 Å². The highest BCUT2D eigenvalue weighted by Gasteiger charge is 2.12. The molecule has 0 spiro atoms. The zero-order valence-electron chi connectivity index (χ0n) is 12.5. The SMILES string of the molecule is Cc1ncsc1CN(C)C(=O)Nc1cccc(C(C)N)c1. The second-order valence-electron chi connectivity index (χ2n) is 5.06. The van der Waals surface area contributed by atoms with Crippen LogP contribution in [0.1, 0.15) is 29.1 Å². The fraction of sp³-hybridized carbons (Fsp3) is 0.333. The molecule has 112 valence electrons. The number of aromatic nitrogens is 1. The molecular formula is C15H20N4OS. The first-order valence-corrected chi connectivity index (χ1v) is 7.62. The highest BCUT2D eigenvalue weighted by atomic mass is 32.1. The summed E-state index contributed by atoms with van der Waals surface area (Å²) in [4.78, 5) is 19.1. The average molecular weight is 304 g/mol. The Bertz CT molecular complexity index is 624. The second-order valence-corrected chi connectivity index (χ2v) is 6.00. The van der Waals surface area contributed by atoms with Crippen LogP contribution in [0.15, 0.2) is 29.8 Å². The van der Waals surface area contributed by atoms with Crippen LogP contribution in [-0.2, 0) is 6.54 Å². The monoisotopic (exact) mass is 304 g/mol. The number of benzene rings is 1. The number of hydrogen-bond acceptors (Lipinski definition) is 4. The first kappa shape index (κ1) is 15.5. The summed E-state index contributed by atoms with van der Waals surface area (Å²) >= 11 is 1.56. The zero-order valence-corrected chi connectivity index (χ0v) is 13.3. The lowest BCUT2D eigenvalue weighted by Crippen LogP contribution is -2.30. The van der Waals surface area contributed by atoms with Crippen molar-refractivity contribution in [3.63, 3.8) is 0 Å². The molecule has 3 N–H and O–H groups in total. The van der Waals surface area contributed by atoms with E-state index < -0.39 is 0 Å². The van der Waals surface area contributed by atoms with Crippen LogP contribution in [-0.4, -0.2) is 23.0 Å². The summed E-state index contributed by atoms with van der Waals surface area (Å²) in [5.41, 5.74) is 10.4. The van der Waals surface area contributed by atoms with Gasteiger partial charge in [0.25, 0.3) is 0 Å². The third-order valence-electron chi connectivity index (χ3n) is 3.24. The van der Waals surface area contributed by atoms with Crippen LogP contribution in [0.25, 0.3) is 0 Å². The summed E-state index contributed by atoms with van der Waals surface area (Å²) in [6.45, 7) is 4.42. The first-order valence-electron chi connectivity index (χ1n) is 6.74. The van der Waals surface area contributed by atoms with E-state index in [1.807, 2.05) is 38.1 Å². The number of hydrogen-bond donors (Lipinski definition) is 2. The number of rotatable bonds is 4. The molecule has 21 heavy (non-hydrogen) atoms. The quantitative estimate of drug-likeness (QED) is 0.911. The average Bonchev–Trinajstić information content (AvgIpc) is 2.84. The van der Waals surface area contributed by atoms with E-state index in [4.69, 9.17) is 5.73 Å². The van der Waals surface area contributed by atoms with Crippen molar-refractivity contribution in [2.24, 2.45) is 5.73 Å². The molecule has 1 aromatic carbocycles. The number of aryl methyl sites for hydroxylation is 1. The largest absolute Gasteiger partial charge is 0.324 e. The minimum atomic E-state index is -0.148. The van der Waals surface area contributed by atoms with Gasteiger partial charge >= 0.3 is 6.03 Å². The summed E-state index contributed by atoms with van der Waals surface area (Å²) in [5, 5.41) is 2.88. The van der Waals surface area contributed by atoms with Crippen LogP contribution in [0, 0.1) is 6.92 Å². The molecule has 0 radical (unpaired) electrons. The lowest BCUT2D eigenvalue weighted by Gasteiger charge is -2.18. The summed E-state index contributed by atoms with van der Waals surface area (Å²) < 4.78 is 0. The molecule has 0 saturated heterocycles. The molecule has 0 aliphatic heterocycles. The molecular weight excluding hydrogens is 284 g/mol. The van der Waals surface area contributed by atoms with Gasteiger partial charge in [0.1, 0.15) is 0 Å².